The fraction of sp³-hybridized carbons (Fsp3) is 1.00. The maximum absolute atomic E-state index is 5.57. The van der Waals surface area contributed by atoms with Crippen LogP contribution in [0.1, 0.15) is 53.4 Å². The molecule has 114 valence electrons. The summed E-state index contributed by atoms with van der Waals surface area (Å²) in [7, 11) is 0. The van der Waals surface area contributed by atoms with Crippen LogP contribution in [0.5, 0.6) is 0 Å². The van der Waals surface area contributed by atoms with Crippen molar-refractivity contribution in [3.05, 3.63) is 0 Å². The highest BCUT2D eigenvalue weighted by Crippen LogP contribution is 2.19. The molecule has 3 heteroatoms. The van der Waals surface area contributed by atoms with Crippen molar-refractivity contribution in [2.45, 2.75) is 65.5 Å². The van der Waals surface area contributed by atoms with Crippen molar-refractivity contribution < 1.29 is 4.74 Å². The number of rotatable bonds is 9. The molecule has 1 aliphatic rings. The van der Waals surface area contributed by atoms with Crippen LogP contribution in [0.3, 0.4) is 0 Å². The lowest BCUT2D eigenvalue weighted by molar-refractivity contribution is 0.0757. The predicted octanol–water partition coefficient (Wildman–Crippen LogP) is 2.90. The molecule has 1 fully saturated rings. The van der Waals surface area contributed by atoms with Gasteiger partial charge in [0.2, 0.25) is 0 Å². The van der Waals surface area contributed by atoms with Gasteiger partial charge in [-0.1, -0.05) is 6.92 Å². The van der Waals surface area contributed by atoms with Crippen LogP contribution < -0.4 is 5.32 Å². The molecule has 2 atom stereocenters. The zero-order valence-corrected chi connectivity index (χ0v) is 13.5. The van der Waals surface area contributed by atoms with E-state index >= 15 is 0 Å². The van der Waals surface area contributed by atoms with Gasteiger partial charge < -0.3 is 15.0 Å². The molecule has 1 aliphatic heterocycles. The molecule has 0 spiro atoms. The fourth-order valence-electron chi connectivity index (χ4n) is 2.91. The van der Waals surface area contributed by atoms with Gasteiger partial charge in [-0.15, -0.1) is 0 Å². The number of likely N-dealkylation sites (tertiary alicyclic amines) is 1. The molecule has 0 aromatic carbocycles. The molecular formula is C16H34N2O. The largest absolute Gasteiger partial charge is 0.379 e. The standard InChI is InChI=1S/C16H34N2O/c1-5-10-18-11-6-8-16(13-18)15(4)17-9-7-12-19-14(2)3/h14-17H,5-13H2,1-4H3. The highest BCUT2D eigenvalue weighted by molar-refractivity contribution is 4.80. The molecular weight excluding hydrogens is 236 g/mol. The molecule has 1 saturated heterocycles. The van der Waals surface area contributed by atoms with E-state index in [1.54, 1.807) is 0 Å². The van der Waals surface area contributed by atoms with Crippen molar-refractivity contribution in [1.82, 2.24) is 10.2 Å². The van der Waals surface area contributed by atoms with Crippen molar-refractivity contribution >= 4 is 0 Å². The zero-order chi connectivity index (χ0) is 14.1. The average molecular weight is 270 g/mol. The van der Waals surface area contributed by atoms with Crippen LogP contribution in [0.4, 0.5) is 0 Å². The monoisotopic (exact) mass is 270 g/mol. The van der Waals surface area contributed by atoms with E-state index in [-0.39, 0.29) is 0 Å². The molecule has 2 unspecified atom stereocenters. The Hall–Kier alpha value is -0.120. The Bertz CT molecular complexity index is 219. The van der Waals surface area contributed by atoms with Crippen LogP contribution >= 0.6 is 0 Å². The first-order valence-corrected chi connectivity index (χ1v) is 8.20. The summed E-state index contributed by atoms with van der Waals surface area (Å²) >= 11 is 0. The molecule has 0 bridgehead atoms. The number of hydrogen-bond donors (Lipinski definition) is 1. The number of ether oxygens (including phenoxy) is 1. The van der Waals surface area contributed by atoms with Crippen molar-refractivity contribution in [3.63, 3.8) is 0 Å². The molecule has 0 amide bonds. The van der Waals surface area contributed by atoms with E-state index in [1.807, 2.05) is 0 Å². The summed E-state index contributed by atoms with van der Waals surface area (Å²) in [4.78, 5) is 2.63. The molecule has 0 aromatic rings. The van der Waals surface area contributed by atoms with Crippen LogP contribution in [0.15, 0.2) is 0 Å². The van der Waals surface area contributed by atoms with E-state index in [0.717, 1.165) is 25.5 Å². The normalized spacial score (nSPS) is 22.9. The van der Waals surface area contributed by atoms with Crippen molar-refractivity contribution in [3.8, 4) is 0 Å². The predicted molar refractivity (Wildman–Crippen MR) is 82.6 cm³/mol. The Morgan fingerprint density at radius 2 is 2.11 bits per heavy atom. The summed E-state index contributed by atoms with van der Waals surface area (Å²) in [6.07, 6.45) is 5.51. The van der Waals surface area contributed by atoms with Gasteiger partial charge in [-0.05, 0) is 72.0 Å². The molecule has 0 saturated carbocycles. The molecule has 3 nitrogen and oxygen atoms in total. The number of nitrogens with zero attached hydrogens (tertiary/aromatic N) is 1. The maximum Gasteiger partial charge on any atom is 0.0518 e. The number of piperidine rings is 1. The fourth-order valence-corrected chi connectivity index (χ4v) is 2.91. The minimum Gasteiger partial charge on any atom is -0.379 e. The van der Waals surface area contributed by atoms with Crippen LogP contribution in [0.2, 0.25) is 0 Å². The van der Waals surface area contributed by atoms with E-state index in [9.17, 15) is 0 Å². The molecule has 19 heavy (non-hydrogen) atoms. The van der Waals surface area contributed by atoms with Crippen molar-refractivity contribution in [1.29, 1.82) is 0 Å². The molecule has 1 heterocycles. The Kier molecular flexibility index (Phi) is 8.67. The molecule has 1 N–H and O–H groups in total. The lowest BCUT2D eigenvalue weighted by atomic mass is 9.91. The van der Waals surface area contributed by atoms with Crippen molar-refractivity contribution in [2.75, 3.05) is 32.8 Å². The first-order valence-electron chi connectivity index (χ1n) is 8.20. The first kappa shape index (κ1) is 16.9. The quantitative estimate of drug-likeness (QED) is 0.652. The minimum atomic E-state index is 0.360. The molecule has 0 aromatic heterocycles. The third kappa shape index (κ3) is 7.28. The van der Waals surface area contributed by atoms with Gasteiger partial charge in [-0.3, -0.25) is 0 Å². The zero-order valence-electron chi connectivity index (χ0n) is 13.5. The van der Waals surface area contributed by atoms with Gasteiger partial charge >= 0.3 is 0 Å². The Balaban J connectivity index is 2.12. The van der Waals surface area contributed by atoms with Crippen LogP contribution in [0, 0.1) is 5.92 Å². The summed E-state index contributed by atoms with van der Waals surface area (Å²) in [6, 6.07) is 0.638. The lowest BCUT2D eigenvalue weighted by Crippen LogP contribution is -2.45. The first-order chi connectivity index (χ1) is 9.13. The Labute approximate surface area is 120 Å². The van der Waals surface area contributed by atoms with E-state index < -0.39 is 0 Å². The van der Waals surface area contributed by atoms with E-state index in [4.69, 9.17) is 4.74 Å². The second-order valence-electron chi connectivity index (χ2n) is 6.22. The van der Waals surface area contributed by atoms with Gasteiger partial charge in [0.1, 0.15) is 0 Å². The van der Waals surface area contributed by atoms with Gasteiger partial charge in [0.25, 0.3) is 0 Å². The van der Waals surface area contributed by atoms with E-state index in [2.05, 4.69) is 37.9 Å². The number of nitrogens with one attached hydrogen (secondary N) is 1. The average Bonchev–Trinajstić information content (AvgIpc) is 2.38. The third-order valence-electron chi connectivity index (χ3n) is 4.03. The van der Waals surface area contributed by atoms with Gasteiger partial charge in [-0.25, -0.2) is 0 Å². The second-order valence-corrected chi connectivity index (χ2v) is 6.22. The topological polar surface area (TPSA) is 24.5 Å². The number of hydrogen-bond acceptors (Lipinski definition) is 3. The smallest absolute Gasteiger partial charge is 0.0518 e. The minimum absolute atomic E-state index is 0.360. The summed E-state index contributed by atoms with van der Waals surface area (Å²) < 4.78 is 5.57. The van der Waals surface area contributed by atoms with Crippen molar-refractivity contribution in [2.24, 2.45) is 5.92 Å². The highest BCUT2D eigenvalue weighted by Gasteiger charge is 2.23. The van der Waals surface area contributed by atoms with E-state index in [0.29, 0.717) is 12.1 Å². The SMILES string of the molecule is CCCN1CCCC(C(C)NCCCOC(C)C)C1. The lowest BCUT2D eigenvalue weighted by Gasteiger charge is -2.36. The second kappa shape index (κ2) is 9.73. The summed E-state index contributed by atoms with van der Waals surface area (Å²) in [5.74, 6) is 0.825. The summed E-state index contributed by atoms with van der Waals surface area (Å²) in [6.45, 7) is 14.6. The summed E-state index contributed by atoms with van der Waals surface area (Å²) in [5, 5.41) is 3.68. The molecule has 0 radical (unpaired) electrons. The molecule has 1 rings (SSSR count). The maximum atomic E-state index is 5.57. The van der Waals surface area contributed by atoms with Crippen LogP contribution in [0.25, 0.3) is 0 Å². The van der Waals surface area contributed by atoms with Gasteiger partial charge in [0, 0.05) is 19.2 Å². The Morgan fingerprint density at radius 3 is 2.79 bits per heavy atom. The van der Waals surface area contributed by atoms with Gasteiger partial charge in [0.05, 0.1) is 6.10 Å². The highest BCUT2D eigenvalue weighted by atomic mass is 16.5. The molecule has 0 aliphatic carbocycles. The third-order valence-corrected chi connectivity index (χ3v) is 4.03. The van der Waals surface area contributed by atoms with E-state index in [1.165, 1.54) is 38.9 Å². The van der Waals surface area contributed by atoms with Gasteiger partial charge in [0.15, 0.2) is 0 Å². The van der Waals surface area contributed by atoms with Gasteiger partial charge in [-0.2, -0.15) is 0 Å². The summed E-state index contributed by atoms with van der Waals surface area (Å²) in [5.41, 5.74) is 0. The van der Waals surface area contributed by atoms with Crippen LogP contribution in [-0.4, -0.2) is 49.8 Å². The van der Waals surface area contributed by atoms with Crippen LogP contribution in [-0.2, 0) is 4.74 Å². The Morgan fingerprint density at radius 1 is 1.32 bits per heavy atom.